The first-order chi connectivity index (χ1) is 13.6. The first-order valence-corrected chi connectivity index (χ1v) is 9.70. The van der Waals surface area contributed by atoms with Gasteiger partial charge in [0.25, 0.3) is 0 Å². The van der Waals surface area contributed by atoms with E-state index in [4.69, 9.17) is 11.6 Å². The fourth-order valence-corrected chi connectivity index (χ4v) is 3.95. The van der Waals surface area contributed by atoms with Crippen LogP contribution in [0.2, 0.25) is 5.02 Å². The molecule has 3 nitrogen and oxygen atoms in total. The quantitative estimate of drug-likeness (QED) is 0.474. The van der Waals surface area contributed by atoms with Crippen molar-refractivity contribution in [3.8, 4) is 0 Å². The second-order valence-corrected chi connectivity index (χ2v) is 7.58. The van der Waals surface area contributed by atoms with Crippen molar-refractivity contribution in [2.75, 3.05) is 0 Å². The Balaban J connectivity index is 1.56. The first-order valence-electron chi connectivity index (χ1n) is 9.32. The summed E-state index contributed by atoms with van der Waals surface area (Å²) in [6.07, 6.45) is 0.780. The van der Waals surface area contributed by atoms with Crippen LogP contribution in [0.15, 0.2) is 90.0 Å². The molecule has 1 N–H and O–H groups in total. The van der Waals surface area contributed by atoms with E-state index in [-0.39, 0.29) is 17.2 Å². The van der Waals surface area contributed by atoms with Crippen LogP contribution in [-0.4, -0.2) is 11.6 Å². The smallest absolute Gasteiger partial charge is 0.244 e. The summed E-state index contributed by atoms with van der Waals surface area (Å²) in [6.45, 7) is 1.87. The van der Waals surface area contributed by atoms with Crippen molar-refractivity contribution in [3.63, 3.8) is 0 Å². The van der Waals surface area contributed by atoms with Gasteiger partial charge >= 0.3 is 0 Å². The maximum Gasteiger partial charge on any atom is 0.244 e. The lowest BCUT2D eigenvalue weighted by Gasteiger charge is -2.18. The number of nitrogens with zero attached hydrogens (tertiary/aromatic N) is 1. The van der Waals surface area contributed by atoms with Crippen molar-refractivity contribution in [2.24, 2.45) is 11.0 Å². The number of carbonyl (C=O) groups is 1. The topological polar surface area (TPSA) is 41.5 Å². The van der Waals surface area contributed by atoms with E-state index >= 15 is 0 Å². The first kappa shape index (κ1) is 18.5. The molecule has 1 aliphatic rings. The molecule has 0 unspecified atom stereocenters. The van der Waals surface area contributed by atoms with E-state index in [0.29, 0.717) is 5.02 Å². The van der Waals surface area contributed by atoms with Crippen LogP contribution in [0.1, 0.15) is 30.0 Å². The van der Waals surface area contributed by atoms with Gasteiger partial charge in [0.2, 0.25) is 5.91 Å². The van der Waals surface area contributed by atoms with Gasteiger partial charge in [-0.2, -0.15) is 5.10 Å². The molecule has 1 saturated carbocycles. The Morgan fingerprint density at radius 2 is 1.46 bits per heavy atom. The summed E-state index contributed by atoms with van der Waals surface area (Å²) in [5, 5.41) is 4.99. The van der Waals surface area contributed by atoms with Gasteiger partial charge in [-0.3, -0.25) is 4.79 Å². The Morgan fingerprint density at radius 1 is 0.929 bits per heavy atom. The summed E-state index contributed by atoms with van der Waals surface area (Å²) in [6, 6.07) is 27.9. The van der Waals surface area contributed by atoms with Crippen LogP contribution in [-0.2, 0) is 10.2 Å². The molecule has 0 saturated heterocycles. The Morgan fingerprint density at radius 3 is 2.00 bits per heavy atom. The molecule has 0 aliphatic heterocycles. The van der Waals surface area contributed by atoms with E-state index in [1.54, 1.807) is 0 Å². The molecular formula is C24H21ClN2O. The van der Waals surface area contributed by atoms with Gasteiger partial charge in [0.15, 0.2) is 0 Å². The van der Waals surface area contributed by atoms with Crippen LogP contribution >= 0.6 is 11.6 Å². The number of carbonyl (C=O) groups excluding carboxylic acids is 1. The minimum atomic E-state index is -0.281. The van der Waals surface area contributed by atoms with E-state index in [2.05, 4.69) is 34.8 Å². The van der Waals surface area contributed by atoms with Gasteiger partial charge in [-0.05, 0) is 42.2 Å². The predicted molar refractivity (Wildman–Crippen MR) is 114 cm³/mol. The van der Waals surface area contributed by atoms with Crippen LogP contribution in [0.25, 0.3) is 0 Å². The van der Waals surface area contributed by atoms with Gasteiger partial charge in [-0.25, -0.2) is 5.43 Å². The van der Waals surface area contributed by atoms with Gasteiger partial charge in [-0.15, -0.1) is 0 Å². The van der Waals surface area contributed by atoms with Crippen LogP contribution in [0.3, 0.4) is 0 Å². The lowest BCUT2D eigenvalue weighted by molar-refractivity contribution is -0.122. The molecule has 0 radical (unpaired) electrons. The van der Waals surface area contributed by atoms with Crippen LogP contribution in [0.4, 0.5) is 0 Å². The summed E-state index contributed by atoms with van der Waals surface area (Å²) < 4.78 is 0. The molecule has 28 heavy (non-hydrogen) atoms. The van der Waals surface area contributed by atoms with E-state index in [0.717, 1.165) is 17.7 Å². The number of halogens is 1. The van der Waals surface area contributed by atoms with E-state index < -0.39 is 0 Å². The summed E-state index contributed by atoms with van der Waals surface area (Å²) in [5.74, 6) is -0.194. The molecule has 3 aromatic carbocycles. The molecule has 1 fully saturated rings. The van der Waals surface area contributed by atoms with Crippen molar-refractivity contribution < 1.29 is 4.79 Å². The highest BCUT2D eigenvalue weighted by Gasteiger charge is 2.60. The molecule has 3 aromatic rings. The van der Waals surface area contributed by atoms with Gasteiger partial charge in [0.1, 0.15) is 0 Å². The lowest BCUT2D eigenvalue weighted by Crippen LogP contribution is -2.26. The molecule has 140 valence electrons. The number of hydrazone groups is 1. The van der Waals surface area contributed by atoms with Gasteiger partial charge in [0, 0.05) is 10.4 Å². The zero-order valence-electron chi connectivity index (χ0n) is 15.6. The summed E-state index contributed by atoms with van der Waals surface area (Å²) in [7, 11) is 0. The molecule has 1 atom stereocenters. The summed E-state index contributed by atoms with van der Waals surface area (Å²) in [4.78, 5) is 12.9. The highest BCUT2D eigenvalue weighted by atomic mass is 35.5. The third-order valence-corrected chi connectivity index (χ3v) is 5.70. The van der Waals surface area contributed by atoms with Crippen molar-refractivity contribution in [1.29, 1.82) is 0 Å². The van der Waals surface area contributed by atoms with Crippen molar-refractivity contribution in [2.45, 2.75) is 18.8 Å². The second kappa shape index (κ2) is 7.61. The van der Waals surface area contributed by atoms with E-state index in [9.17, 15) is 4.79 Å². The van der Waals surface area contributed by atoms with Gasteiger partial charge in [0.05, 0.1) is 11.6 Å². The van der Waals surface area contributed by atoms with Crippen molar-refractivity contribution >= 4 is 23.2 Å². The van der Waals surface area contributed by atoms with Crippen molar-refractivity contribution in [3.05, 3.63) is 107 Å². The van der Waals surface area contributed by atoms with Crippen LogP contribution in [0, 0.1) is 5.92 Å². The Kier molecular flexibility index (Phi) is 5.01. The average molecular weight is 389 g/mol. The third kappa shape index (κ3) is 3.46. The van der Waals surface area contributed by atoms with Crippen LogP contribution in [0.5, 0.6) is 0 Å². The highest BCUT2D eigenvalue weighted by molar-refractivity contribution is 6.30. The standard InChI is InChI=1S/C24H21ClN2O/c1-17(18-12-14-21(25)15-13-18)26-27-23(28)22-16-24(22,19-8-4-2-5-9-19)20-10-6-3-7-11-20/h2-15,22H,16H2,1H3,(H,27,28)/b26-17+/t22-/m1/s1. The zero-order valence-corrected chi connectivity index (χ0v) is 16.4. The van der Waals surface area contributed by atoms with Gasteiger partial charge < -0.3 is 0 Å². The maximum atomic E-state index is 12.9. The fourth-order valence-electron chi connectivity index (χ4n) is 3.83. The summed E-state index contributed by atoms with van der Waals surface area (Å²) in [5.41, 5.74) is 6.49. The van der Waals surface area contributed by atoms with E-state index in [1.807, 2.05) is 67.6 Å². The Bertz CT molecular complexity index is 958. The molecule has 0 spiro atoms. The minimum absolute atomic E-state index is 0.0546. The second-order valence-electron chi connectivity index (χ2n) is 7.14. The lowest BCUT2D eigenvalue weighted by atomic mass is 9.85. The zero-order chi connectivity index (χ0) is 19.6. The Labute approximate surface area is 170 Å². The number of amides is 1. The number of nitrogens with one attached hydrogen (secondary N) is 1. The van der Waals surface area contributed by atoms with Crippen molar-refractivity contribution in [1.82, 2.24) is 5.43 Å². The molecular weight excluding hydrogens is 368 g/mol. The summed E-state index contributed by atoms with van der Waals surface area (Å²) >= 11 is 5.93. The normalized spacial score (nSPS) is 17.8. The molecule has 1 amide bonds. The number of benzene rings is 3. The van der Waals surface area contributed by atoms with Gasteiger partial charge in [-0.1, -0.05) is 84.4 Å². The molecule has 0 heterocycles. The molecule has 1 aliphatic carbocycles. The maximum absolute atomic E-state index is 12.9. The number of rotatable bonds is 5. The third-order valence-electron chi connectivity index (χ3n) is 5.45. The fraction of sp³-hybridized carbons (Fsp3) is 0.167. The Hall–Kier alpha value is -2.91. The largest absolute Gasteiger partial charge is 0.273 e. The molecule has 4 heteroatoms. The SMILES string of the molecule is C/C(=N\NC(=O)[C@H]1CC1(c1ccccc1)c1ccccc1)c1ccc(Cl)cc1. The average Bonchev–Trinajstić information content (AvgIpc) is 3.51. The molecule has 4 rings (SSSR count). The van der Waals surface area contributed by atoms with E-state index in [1.165, 1.54) is 11.1 Å². The number of hydrogen-bond donors (Lipinski definition) is 1. The van der Waals surface area contributed by atoms with Crippen LogP contribution < -0.4 is 5.43 Å². The molecule has 0 bridgehead atoms. The predicted octanol–water partition coefficient (Wildman–Crippen LogP) is 5.19. The monoisotopic (exact) mass is 388 g/mol. The highest BCUT2D eigenvalue weighted by Crippen LogP contribution is 2.58. The molecule has 0 aromatic heterocycles. The minimum Gasteiger partial charge on any atom is -0.273 e. The number of hydrogen-bond acceptors (Lipinski definition) is 2.